The molecule has 1 heterocycles. The fraction of sp³-hybridized carbons (Fsp3) is 0.417. The first-order valence-corrected chi connectivity index (χ1v) is 5.20. The fourth-order valence-electron chi connectivity index (χ4n) is 2.52. The Morgan fingerprint density at radius 3 is 2.71 bits per heavy atom. The van der Waals surface area contributed by atoms with Gasteiger partial charge in [0, 0.05) is 11.1 Å². The van der Waals surface area contributed by atoms with Gasteiger partial charge in [-0.15, -0.1) is 0 Å². The van der Waals surface area contributed by atoms with Crippen molar-refractivity contribution in [1.82, 2.24) is 5.32 Å². The van der Waals surface area contributed by atoms with Crippen LogP contribution in [0.5, 0.6) is 0 Å². The molecule has 1 aromatic rings. The molecule has 1 spiro atoms. The summed E-state index contributed by atoms with van der Waals surface area (Å²) in [6.45, 7) is 0. The van der Waals surface area contributed by atoms with E-state index in [9.17, 15) is 4.79 Å². The van der Waals surface area contributed by atoms with Gasteiger partial charge >= 0.3 is 0 Å². The zero-order valence-corrected chi connectivity index (χ0v) is 8.05. The Hall–Kier alpha value is -1.31. The minimum atomic E-state index is 0.117. The second-order valence-electron chi connectivity index (χ2n) is 4.42. The number of amides is 1. The molecule has 1 aromatic carbocycles. The maximum atomic E-state index is 11.8. The first-order valence-electron chi connectivity index (χ1n) is 5.20. The number of rotatable bonds is 0. The van der Waals surface area contributed by atoms with Crippen LogP contribution in [0.25, 0.3) is 0 Å². The van der Waals surface area contributed by atoms with Crippen molar-refractivity contribution < 1.29 is 4.79 Å². The number of fused-ring (bicyclic) bond motifs is 1. The maximum absolute atomic E-state index is 11.8. The molecule has 14 heavy (non-hydrogen) atoms. The first-order chi connectivity index (χ1) is 6.79. The Morgan fingerprint density at radius 2 is 2.00 bits per heavy atom. The van der Waals surface area contributed by atoms with Crippen LogP contribution in [0.4, 0.5) is 0 Å². The molecule has 1 N–H and O–H groups in total. The minimum absolute atomic E-state index is 0.117. The summed E-state index contributed by atoms with van der Waals surface area (Å²) in [5.41, 5.74) is 2.20. The smallest absolute Gasteiger partial charge is 0.251 e. The van der Waals surface area contributed by atoms with Gasteiger partial charge in [-0.25, -0.2) is 0 Å². The van der Waals surface area contributed by atoms with Crippen LogP contribution in [0.1, 0.15) is 35.2 Å². The standard InChI is InChI=1S/C12H13NO/c14-11-10-5-2-1-4-9(10)8-12(13-11)6-3-7-12/h1-2,4-5H,3,6-8H2,(H,13,14). The Bertz CT molecular complexity index is 393. The van der Waals surface area contributed by atoms with Crippen molar-refractivity contribution in [2.75, 3.05) is 0 Å². The zero-order chi connectivity index (χ0) is 9.60. The summed E-state index contributed by atoms with van der Waals surface area (Å²) in [5, 5.41) is 3.15. The van der Waals surface area contributed by atoms with E-state index in [1.165, 1.54) is 12.0 Å². The second-order valence-corrected chi connectivity index (χ2v) is 4.42. The first kappa shape index (κ1) is 8.04. The molecule has 1 amide bonds. The summed E-state index contributed by atoms with van der Waals surface area (Å²) < 4.78 is 0. The van der Waals surface area contributed by atoms with Crippen LogP contribution in [0.15, 0.2) is 24.3 Å². The molecule has 3 rings (SSSR count). The van der Waals surface area contributed by atoms with Crippen LogP contribution < -0.4 is 5.32 Å². The van der Waals surface area contributed by atoms with E-state index in [1.54, 1.807) is 0 Å². The molecule has 2 heteroatoms. The molecular weight excluding hydrogens is 174 g/mol. The summed E-state index contributed by atoms with van der Waals surface area (Å²) in [5.74, 6) is 0.117. The van der Waals surface area contributed by atoms with Gasteiger partial charge < -0.3 is 5.32 Å². The molecule has 72 valence electrons. The zero-order valence-electron chi connectivity index (χ0n) is 8.05. The van der Waals surface area contributed by atoms with E-state index >= 15 is 0 Å². The fourth-order valence-corrected chi connectivity index (χ4v) is 2.52. The van der Waals surface area contributed by atoms with Gasteiger partial charge in [0.15, 0.2) is 0 Å². The van der Waals surface area contributed by atoms with E-state index in [-0.39, 0.29) is 11.4 Å². The molecule has 0 saturated heterocycles. The number of hydrogen-bond acceptors (Lipinski definition) is 1. The Labute approximate surface area is 83.3 Å². The Morgan fingerprint density at radius 1 is 1.21 bits per heavy atom. The molecular formula is C12H13NO. The molecule has 1 aliphatic carbocycles. The summed E-state index contributed by atoms with van der Waals surface area (Å²) in [6.07, 6.45) is 4.57. The van der Waals surface area contributed by atoms with Crippen molar-refractivity contribution in [1.29, 1.82) is 0 Å². The molecule has 1 aliphatic heterocycles. The van der Waals surface area contributed by atoms with Crippen molar-refractivity contribution in [3.8, 4) is 0 Å². The van der Waals surface area contributed by atoms with Gasteiger partial charge in [-0.2, -0.15) is 0 Å². The Kier molecular flexibility index (Phi) is 1.49. The summed E-state index contributed by atoms with van der Waals surface area (Å²) in [4.78, 5) is 11.8. The van der Waals surface area contributed by atoms with E-state index in [4.69, 9.17) is 0 Å². The lowest BCUT2D eigenvalue weighted by Crippen LogP contribution is -2.57. The average molecular weight is 187 g/mol. The van der Waals surface area contributed by atoms with Gasteiger partial charge in [-0.05, 0) is 37.3 Å². The highest BCUT2D eigenvalue weighted by Crippen LogP contribution is 2.38. The highest BCUT2D eigenvalue weighted by Gasteiger charge is 2.42. The normalized spacial score (nSPS) is 22.4. The third-order valence-corrected chi connectivity index (χ3v) is 3.48. The summed E-state index contributed by atoms with van der Waals surface area (Å²) in [6, 6.07) is 7.94. The molecule has 0 aromatic heterocycles. The molecule has 0 radical (unpaired) electrons. The van der Waals surface area contributed by atoms with Gasteiger partial charge in [0.25, 0.3) is 5.91 Å². The lowest BCUT2D eigenvalue weighted by atomic mass is 9.70. The number of hydrogen-bond donors (Lipinski definition) is 1. The van der Waals surface area contributed by atoms with Crippen molar-refractivity contribution in [3.63, 3.8) is 0 Å². The molecule has 2 nitrogen and oxygen atoms in total. The monoisotopic (exact) mass is 187 g/mol. The molecule has 1 saturated carbocycles. The summed E-state index contributed by atoms with van der Waals surface area (Å²) >= 11 is 0. The van der Waals surface area contributed by atoms with Gasteiger partial charge in [0.2, 0.25) is 0 Å². The molecule has 2 aliphatic rings. The van der Waals surface area contributed by atoms with E-state index in [0.29, 0.717) is 0 Å². The largest absolute Gasteiger partial charge is 0.346 e. The van der Waals surface area contributed by atoms with Crippen LogP contribution in [0.2, 0.25) is 0 Å². The quantitative estimate of drug-likeness (QED) is 0.660. The Balaban J connectivity index is 2.04. The molecule has 0 bridgehead atoms. The van der Waals surface area contributed by atoms with Gasteiger partial charge in [-0.1, -0.05) is 18.2 Å². The van der Waals surface area contributed by atoms with Crippen LogP contribution >= 0.6 is 0 Å². The van der Waals surface area contributed by atoms with Gasteiger partial charge in [-0.3, -0.25) is 4.79 Å². The van der Waals surface area contributed by atoms with Crippen LogP contribution in [0, 0.1) is 0 Å². The number of carbonyl (C=O) groups is 1. The molecule has 0 atom stereocenters. The van der Waals surface area contributed by atoms with Crippen molar-refractivity contribution in [3.05, 3.63) is 35.4 Å². The van der Waals surface area contributed by atoms with Gasteiger partial charge in [0.1, 0.15) is 0 Å². The third-order valence-electron chi connectivity index (χ3n) is 3.48. The topological polar surface area (TPSA) is 29.1 Å². The maximum Gasteiger partial charge on any atom is 0.251 e. The highest BCUT2D eigenvalue weighted by molar-refractivity contribution is 5.97. The molecule has 1 fully saturated rings. The SMILES string of the molecule is O=C1NC2(CCC2)Cc2ccccc21. The van der Waals surface area contributed by atoms with Crippen LogP contribution in [0.3, 0.4) is 0 Å². The van der Waals surface area contributed by atoms with E-state index in [1.807, 2.05) is 18.2 Å². The lowest BCUT2D eigenvalue weighted by Gasteiger charge is -2.45. The average Bonchev–Trinajstić information content (AvgIpc) is 2.15. The third kappa shape index (κ3) is 0.999. The van der Waals surface area contributed by atoms with Crippen molar-refractivity contribution >= 4 is 5.91 Å². The van der Waals surface area contributed by atoms with Crippen LogP contribution in [-0.2, 0) is 6.42 Å². The number of benzene rings is 1. The molecule has 0 unspecified atom stereocenters. The van der Waals surface area contributed by atoms with Gasteiger partial charge in [0.05, 0.1) is 0 Å². The predicted molar refractivity (Wildman–Crippen MR) is 54.2 cm³/mol. The second kappa shape index (κ2) is 2.59. The van der Waals surface area contributed by atoms with E-state index < -0.39 is 0 Å². The van der Waals surface area contributed by atoms with Crippen molar-refractivity contribution in [2.24, 2.45) is 0 Å². The van der Waals surface area contributed by atoms with Crippen molar-refractivity contribution in [2.45, 2.75) is 31.2 Å². The van der Waals surface area contributed by atoms with E-state index in [2.05, 4.69) is 11.4 Å². The predicted octanol–water partition coefficient (Wildman–Crippen LogP) is 1.90. The summed E-state index contributed by atoms with van der Waals surface area (Å²) in [7, 11) is 0. The number of carbonyl (C=O) groups excluding carboxylic acids is 1. The lowest BCUT2D eigenvalue weighted by molar-refractivity contribution is 0.0796. The van der Waals surface area contributed by atoms with E-state index in [0.717, 1.165) is 24.8 Å². The highest BCUT2D eigenvalue weighted by atomic mass is 16.1. The minimum Gasteiger partial charge on any atom is -0.346 e. The number of nitrogens with one attached hydrogen (secondary N) is 1. The van der Waals surface area contributed by atoms with Crippen LogP contribution in [-0.4, -0.2) is 11.4 Å².